The molecule has 0 radical (unpaired) electrons. The summed E-state index contributed by atoms with van der Waals surface area (Å²) < 4.78 is 0. The van der Waals surface area contributed by atoms with Crippen LogP contribution in [-0.4, -0.2) is 12.6 Å². The van der Waals surface area contributed by atoms with E-state index in [1.165, 1.54) is 15.3 Å². The molecule has 2 aromatic rings. The summed E-state index contributed by atoms with van der Waals surface area (Å²) in [5.74, 6) is 0. The van der Waals surface area contributed by atoms with E-state index in [9.17, 15) is 0 Å². The Labute approximate surface area is 130 Å². The fourth-order valence-corrected chi connectivity index (χ4v) is 2.94. The monoisotopic (exact) mass is 305 g/mol. The number of rotatable bonds is 6. The molecule has 1 atom stereocenters. The highest BCUT2D eigenvalue weighted by molar-refractivity contribution is 7.16. The van der Waals surface area contributed by atoms with Crippen LogP contribution < -0.4 is 5.32 Å². The molecule has 2 rings (SSSR count). The number of nitrogens with one attached hydrogen (secondary N) is 1. The summed E-state index contributed by atoms with van der Waals surface area (Å²) in [6.07, 6.45) is 5.57. The third-order valence-corrected chi connectivity index (χ3v) is 4.37. The Hall–Kier alpha value is -1.09. The summed E-state index contributed by atoms with van der Waals surface area (Å²) in [6.45, 7) is 5.42. The molecule has 0 fully saturated rings. The summed E-state index contributed by atoms with van der Waals surface area (Å²) in [7, 11) is 0. The maximum absolute atomic E-state index is 5.92. The van der Waals surface area contributed by atoms with Gasteiger partial charge in [-0.15, -0.1) is 11.3 Å². The number of benzene rings is 1. The van der Waals surface area contributed by atoms with Gasteiger partial charge in [-0.2, -0.15) is 0 Å². The van der Waals surface area contributed by atoms with Gasteiger partial charge in [0.25, 0.3) is 0 Å². The molecule has 1 heterocycles. The highest BCUT2D eigenvalue weighted by atomic mass is 35.5. The molecule has 106 valence electrons. The van der Waals surface area contributed by atoms with Crippen molar-refractivity contribution in [1.29, 1.82) is 0 Å². The molecule has 0 aliphatic heterocycles. The molecule has 1 unspecified atom stereocenters. The molecular weight excluding hydrogens is 286 g/mol. The van der Waals surface area contributed by atoms with E-state index in [0.717, 1.165) is 18.0 Å². The molecule has 0 aliphatic rings. The average molecular weight is 306 g/mol. The van der Waals surface area contributed by atoms with Gasteiger partial charge in [-0.25, -0.2) is 0 Å². The molecular formula is C17H20ClNS. The average Bonchev–Trinajstić information content (AvgIpc) is 2.92. The van der Waals surface area contributed by atoms with E-state index in [1.54, 1.807) is 11.3 Å². The van der Waals surface area contributed by atoms with Crippen molar-refractivity contribution < 1.29 is 0 Å². The SMILES string of the molecule is CCCNC(C)/C=C/c1ccc(-c2ccc(Cl)cc2)s1. The van der Waals surface area contributed by atoms with Crippen LogP contribution in [0.1, 0.15) is 25.1 Å². The van der Waals surface area contributed by atoms with Crippen LogP contribution in [0.25, 0.3) is 16.5 Å². The topological polar surface area (TPSA) is 12.0 Å². The summed E-state index contributed by atoms with van der Waals surface area (Å²) in [6, 6.07) is 12.7. The van der Waals surface area contributed by atoms with Crippen molar-refractivity contribution in [2.24, 2.45) is 0 Å². The molecule has 0 amide bonds. The highest BCUT2D eigenvalue weighted by Gasteiger charge is 2.01. The van der Waals surface area contributed by atoms with Gasteiger partial charge in [-0.05, 0) is 55.8 Å². The zero-order valence-corrected chi connectivity index (χ0v) is 13.5. The molecule has 0 spiro atoms. The lowest BCUT2D eigenvalue weighted by Gasteiger charge is -2.06. The van der Waals surface area contributed by atoms with Crippen molar-refractivity contribution in [1.82, 2.24) is 5.32 Å². The molecule has 1 nitrogen and oxygen atoms in total. The normalized spacial score (nSPS) is 12.9. The van der Waals surface area contributed by atoms with Crippen molar-refractivity contribution >= 4 is 29.0 Å². The largest absolute Gasteiger partial charge is 0.311 e. The zero-order valence-electron chi connectivity index (χ0n) is 11.9. The minimum atomic E-state index is 0.413. The van der Waals surface area contributed by atoms with E-state index in [4.69, 9.17) is 11.6 Å². The highest BCUT2D eigenvalue weighted by Crippen LogP contribution is 2.29. The summed E-state index contributed by atoms with van der Waals surface area (Å²) >= 11 is 7.72. The second-order valence-corrected chi connectivity index (χ2v) is 6.36. The van der Waals surface area contributed by atoms with E-state index in [-0.39, 0.29) is 0 Å². The van der Waals surface area contributed by atoms with E-state index in [1.807, 2.05) is 12.1 Å². The third-order valence-electron chi connectivity index (χ3n) is 3.02. The second kappa shape index (κ2) is 7.63. The van der Waals surface area contributed by atoms with Crippen molar-refractivity contribution in [2.75, 3.05) is 6.54 Å². The Balaban J connectivity index is 2.02. The van der Waals surface area contributed by atoms with Crippen LogP contribution in [0.5, 0.6) is 0 Å². The number of hydrogen-bond acceptors (Lipinski definition) is 2. The van der Waals surface area contributed by atoms with E-state index >= 15 is 0 Å². The standard InChI is InChI=1S/C17H20ClNS/c1-3-12-19-13(2)4-9-16-10-11-17(20-16)14-5-7-15(18)8-6-14/h4-11,13,19H,3,12H2,1-2H3/b9-4+. The van der Waals surface area contributed by atoms with Crippen molar-refractivity contribution in [3.63, 3.8) is 0 Å². The predicted octanol–water partition coefficient (Wildman–Crippen LogP) is 5.47. The Kier molecular flexibility index (Phi) is 5.84. The van der Waals surface area contributed by atoms with Crippen LogP contribution in [-0.2, 0) is 0 Å². The summed E-state index contributed by atoms with van der Waals surface area (Å²) in [5, 5.41) is 4.23. The van der Waals surface area contributed by atoms with Gasteiger partial charge in [0.15, 0.2) is 0 Å². The first-order valence-electron chi connectivity index (χ1n) is 6.96. The quantitative estimate of drug-likeness (QED) is 0.746. The molecule has 0 saturated carbocycles. The van der Waals surface area contributed by atoms with Gasteiger partial charge in [0, 0.05) is 20.8 Å². The van der Waals surface area contributed by atoms with E-state index in [0.29, 0.717) is 6.04 Å². The first-order chi connectivity index (χ1) is 9.69. The van der Waals surface area contributed by atoms with Gasteiger partial charge >= 0.3 is 0 Å². The molecule has 0 saturated heterocycles. The van der Waals surface area contributed by atoms with Gasteiger partial charge in [-0.1, -0.05) is 36.7 Å². The van der Waals surface area contributed by atoms with Crippen molar-refractivity contribution in [3.05, 3.63) is 52.4 Å². The van der Waals surface area contributed by atoms with Gasteiger partial charge in [0.2, 0.25) is 0 Å². The Morgan fingerprint density at radius 1 is 1.20 bits per heavy atom. The van der Waals surface area contributed by atoms with Gasteiger partial charge in [0.05, 0.1) is 0 Å². The van der Waals surface area contributed by atoms with Crippen molar-refractivity contribution in [3.8, 4) is 10.4 Å². The van der Waals surface area contributed by atoms with Gasteiger partial charge < -0.3 is 5.32 Å². The lowest BCUT2D eigenvalue weighted by Crippen LogP contribution is -2.24. The molecule has 0 aliphatic carbocycles. The fourth-order valence-electron chi connectivity index (χ4n) is 1.89. The lowest BCUT2D eigenvalue weighted by atomic mass is 10.2. The minimum Gasteiger partial charge on any atom is -0.311 e. The second-order valence-electron chi connectivity index (χ2n) is 4.81. The van der Waals surface area contributed by atoms with Crippen LogP contribution >= 0.6 is 22.9 Å². The number of halogens is 1. The van der Waals surface area contributed by atoms with E-state index in [2.05, 4.69) is 55.6 Å². The fraction of sp³-hybridized carbons (Fsp3) is 0.294. The Morgan fingerprint density at radius 2 is 1.95 bits per heavy atom. The summed E-state index contributed by atoms with van der Waals surface area (Å²) in [5.41, 5.74) is 1.22. The molecule has 20 heavy (non-hydrogen) atoms. The molecule has 3 heteroatoms. The molecule has 1 N–H and O–H groups in total. The van der Waals surface area contributed by atoms with Crippen LogP contribution in [0.3, 0.4) is 0 Å². The first kappa shape index (κ1) is 15.3. The minimum absolute atomic E-state index is 0.413. The van der Waals surface area contributed by atoms with Crippen molar-refractivity contribution in [2.45, 2.75) is 26.3 Å². The predicted molar refractivity (Wildman–Crippen MR) is 91.6 cm³/mol. The van der Waals surface area contributed by atoms with Crippen LogP contribution in [0, 0.1) is 0 Å². The Bertz CT molecular complexity index is 557. The summed E-state index contributed by atoms with van der Waals surface area (Å²) in [4.78, 5) is 2.55. The van der Waals surface area contributed by atoms with Crippen LogP contribution in [0.4, 0.5) is 0 Å². The maximum Gasteiger partial charge on any atom is 0.0406 e. The maximum atomic E-state index is 5.92. The number of hydrogen-bond donors (Lipinski definition) is 1. The molecule has 0 bridgehead atoms. The van der Waals surface area contributed by atoms with E-state index < -0.39 is 0 Å². The Morgan fingerprint density at radius 3 is 2.65 bits per heavy atom. The van der Waals surface area contributed by atoms with Crippen LogP contribution in [0.15, 0.2) is 42.5 Å². The number of thiophene rings is 1. The van der Waals surface area contributed by atoms with Crippen LogP contribution in [0.2, 0.25) is 5.02 Å². The molecule has 1 aromatic heterocycles. The smallest absolute Gasteiger partial charge is 0.0406 e. The third kappa shape index (κ3) is 4.48. The zero-order chi connectivity index (χ0) is 14.4. The lowest BCUT2D eigenvalue weighted by molar-refractivity contribution is 0.625. The first-order valence-corrected chi connectivity index (χ1v) is 8.16. The van der Waals surface area contributed by atoms with Gasteiger partial charge in [-0.3, -0.25) is 0 Å². The molecule has 1 aromatic carbocycles. The van der Waals surface area contributed by atoms with Gasteiger partial charge in [0.1, 0.15) is 0 Å².